The van der Waals surface area contributed by atoms with Crippen LogP contribution in [0.25, 0.3) is 0 Å². The zero-order valence-electron chi connectivity index (χ0n) is 10.8. The minimum Gasteiger partial charge on any atom is -0.475 e. The number of carboxylic acids is 1. The molecule has 5 nitrogen and oxygen atoms in total. The molecule has 2 rings (SSSR count). The smallest absolute Gasteiger partial charge is 0.372 e. The second-order valence-corrected chi connectivity index (χ2v) is 4.38. The Balaban J connectivity index is 1.91. The summed E-state index contributed by atoms with van der Waals surface area (Å²) in [6.07, 6.45) is 4.88. The van der Waals surface area contributed by atoms with Crippen molar-refractivity contribution in [3.05, 3.63) is 59.7 Å². The number of aryl methyl sites for hydroxylation is 2. The third kappa shape index (κ3) is 3.98. The van der Waals surface area contributed by atoms with Gasteiger partial charge in [0.05, 0.1) is 6.42 Å². The van der Waals surface area contributed by atoms with E-state index in [9.17, 15) is 9.59 Å². The predicted octanol–water partition coefficient (Wildman–Crippen LogP) is 1.46. The van der Waals surface area contributed by atoms with Crippen molar-refractivity contribution in [1.82, 2.24) is 9.97 Å². The van der Waals surface area contributed by atoms with Gasteiger partial charge in [-0.05, 0) is 36.6 Å². The molecule has 0 radical (unpaired) electrons. The molecule has 0 aliphatic rings. The Labute approximate surface area is 116 Å². The van der Waals surface area contributed by atoms with Crippen LogP contribution in [0.3, 0.4) is 0 Å². The maximum Gasteiger partial charge on any atom is 0.372 e. The van der Waals surface area contributed by atoms with E-state index in [2.05, 4.69) is 9.97 Å². The Kier molecular flexibility index (Phi) is 4.55. The predicted molar refractivity (Wildman–Crippen MR) is 72.2 cm³/mol. The van der Waals surface area contributed by atoms with Crippen LogP contribution < -0.4 is 0 Å². The van der Waals surface area contributed by atoms with Crippen LogP contribution in [0.5, 0.6) is 0 Å². The lowest BCUT2D eigenvalue weighted by Crippen LogP contribution is -2.15. The highest BCUT2D eigenvalue weighted by atomic mass is 16.4. The largest absolute Gasteiger partial charge is 0.475 e. The van der Waals surface area contributed by atoms with Crippen LogP contribution in [0.15, 0.2) is 42.7 Å². The Bertz CT molecular complexity index is 594. The van der Waals surface area contributed by atoms with Crippen molar-refractivity contribution in [2.45, 2.75) is 19.3 Å². The van der Waals surface area contributed by atoms with Crippen LogP contribution in [-0.4, -0.2) is 26.8 Å². The number of hydrogen-bond acceptors (Lipinski definition) is 4. The number of pyridine rings is 2. The van der Waals surface area contributed by atoms with Crippen molar-refractivity contribution in [1.29, 1.82) is 0 Å². The third-order valence-electron chi connectivity index (χ3n) is 2.86. The van der Waals surface area contributed by atoms with Crippen LogP contribution in [0.1, 0.15) is 17.0 Å². The van der Waals surface area contributed by atoms with Gasteiger partial charge in [-0.2, -0.15) is 0 Å². The first-order valence-electron chi connectivity index (χ1n) is 6.25. The van der Waals surface area contributed by atoms with E-state index < -0.39 is 11.8 Å². The standard InChI is InChI=1S/C15H14N2O3/c18-14(15(19)20)9-13-7-5-11(10-17-13)4-6-12-3-1-2-8-16-12/h1-3,5,7-8,10H,4,6,9H2,(H,19,20). The summed E-state index contributed by atoms with van der Waals surface area (Å²) in [5.41, 5.74) is 2.51. The first kappa shape index (κ1) is 13.9. The molecule has 0 aromatic carbocycles. The van der Waals surface area contributed by atoms with Gasteiger partial charge in [0.15, 0.2) is 0 Å². The lowest BCUT2D eigenvalue weighted by Gasteiger charge is -2.02. The van der Waals surface area contributed by atoms with Gasteiger partial charge < -0.3 is 5.11 Å². The van der Waals surface area contributed by atoms with Crippen LogP contribution >= 0.6 is 0 Å². The van der Waals surface area contributed by atoms with Crippen molar-refractivity contribution in [3.63, 3.8) is 0 Å². The number of nitrogens with zero attached hydrogens (tertiary/aromatic N) is 2. The number of carboxylic acid groups (broad SMARTS) is 1. The Morgan fingerprint density at radius 2 is 1.85 bits per heavy atom. The van der Waals surface area contributed by atoms with Crippen molar-refractivity contribution in [3.8, 4) is 0 Å². The second-order valence-electron chi connectivity index (χ2n) is 4.38. The zero-order valence-corrected chi connectivity index (χ0v) is 10.8. The summed E-state index contributed by atoms with van der Waals surface area (Å²) in [7, 11) is 0. The highest BCUT2D eigenvalue weighted by Crippen LogP contribution is 2.06. The van der Waals surface area contributed by atoms with Crippen LogP contribution in [0.2, 0.25) is 0 Å². The molecular weight excluding hydrogens is 256 g/mol. The summed E-state index contributed by atoms with van der Waals surface area (Å²) >= 11 is 0. The summed E-state index contributed by atoms with van der Waals surface area (Å²) in [6.45, 7) is 0. The quantitative estimate of drug-likeness (QED) is 0.804. The molecule has 0 atom stereocenters. The molecule has 102 valence electrons. The number of ketones is 1. The molecule has 0 saturated carbocycles. The maximum atomic E-state index is 11.1. The summed E-state index contributed by atoms with van der Waals surface area (Å²) in [5.74, 6) is -2.27. The number of carbonyl (C=O) groups excluding carboxylic acids is 1. The van der Waals surface area contributed by atoms with Gasteiger partial charge in [0.25, 0.3) is 0 Å². The summed E-state index contributed by atoms with van der Waals surface area (Å²) in [6, 6.07) is 9.34. The number of aliphatic carboxylic acids is 1. The minimum atomic E-state index is -1.42. The lowest BCUT2D eigenvalue weighted by atomic mass is 10.1. The molecular formula is C15H14N2O3. The molecule has 0 unspecified atom stereocenters. The lowest BCUT2D eigenvalue weighted by molar-refractivity contribution is -0.148. The van der Waals surface area contributed by atoms with E-state index in [0.717, 1.165) is 24.1 Å². The SMILES string of the molecule is O=C(O)C(=O)Cc1ccc(CCc2ccccn2)cn1. The average molecular weight is 270 g/mol. The number of rotatable bonds is 6. The van der Waals surface area contributed by atoms with Crippen molar-refractivity contribution in [2.75, 3.05) is 0 Å². The van der Waals surface area contributed by atoms with Crippen molar-refractivity contribution in [2.24, 2.45) is 0 Å². The highest BCUT2D eigenvalue weighted by Gasteiger charge is 2.12. The summed E-state index contributed by atoms with van der Waals surface area (Å²) in [4.78, 5) is 29.9. The molecule has 0 aliphatic carbocycles. The van der Waals surface area contributed by atoms with Crippen LogP contribution in [0.4, 0.5) is 0 Å². The summed E-state index contributed by atoms with van der Waals surface area (Å²) in [5, 5.41) is 8.52. The number of carbonyl (C=O) groups is 2. The molecule has 20 heavy (non-hydrogen) atoms. The average Bonchev–Trinajstić information content (AvgIpc) is 2.47. The van der Waals surface area contributed by atoms with Gasteiger partial charge in [0.2, 0.25) is 5.78 Å². The number of aromatic nitrogens is 2. The van der Waals surface area contributed by atoms with Gasteiger partial charge in [-0.25, -0.2) is 4.79 Å². The van der Waals surface area contributed by atoms with Gasteiger partial charge >= 0.3 is 5.97 Å². The minimum absolute atomic E-state index is 0.171. The fourth-order valence-corrected chi connectivity index (χ4v) is 1.77. The topological polar surface area (TPSA) is 80.1 Å². The molecule has 0 spiro atoms. The normalized spacial score (nSPS) is 10.2. The van der Waals surface area contributed by atoms with Crippen LogP contribution in [0, 0.1) is 0 Å². The molecule has 1 N–H and O–H groups in total. The Morgan fingerprint density at radius 1 is 1.00 bits per heavy atom. The zero-order chi connectivity index (χ0) is 14.4. The molecule has 0 aliphatic heterocycles. The van der Waals surface area contributed by atoms with Crippen molar-refractivity contribution < 1.29 is 14.7 Å². The molecule has 2 aromatic heterocycles. The molecule has 0 bridgehead atoms. The first-order valence-corrected chi connectivity index (χ1v) is 6.25. The van der Waals surface area contributed by atoms with E-state index >= 15 is 0 Å². The fraction of sp³-hybridized carbons (Fsp3) is 0.200. The Morgan fingerprint density at radius 3 is 2.45 bits per heavy atom. The first-order chi connectivity index (χ1) is 9.65. The van der Waals surface area contributed by atoms with Crippen molar-refractivity contribution >= 4 is 11.8 Å². The van der Waals surface area contributed by atoms with E-state index in [1.54, 1.807) is 18.5 Å². The Hall–Kier alpha value is -2.56. The second kappa shape index (κ2) is 6.56. The number of hydrogen-bond donors (Lipinski definition) is 1. The maximum absolute atomic E-state index is 11.1. The van der Waals surface area contributed by atoms with Gasteiger partial charge in [0.1, 0.15) is 0 Å². The molecule has 0 saturated heterocycles. The van der Waals surface area contributed by atoms with Crippen LogP contribution in [-0.2, 0) is 28.9 Å². The monoisotopic (exact) mass is 270 g/mol. The fourth-order valence-electron chi connectivity index (χ4n) is 1.77. The van der Waals surface area contributed by atoms with Gasteiger partial charge in [-0.15, -0.1) is 0 Å². The summed E-state index contributed by atoms with van der Waals surface area (Å²) < 4.78 is 0. The molecule has 0 amide bonds. The van der Waals surface area contributed by atoms with Gasteiger partial charge in [0, 0.05) is 23.8 Å². The van der Waals surface area contributed by atoms with Gasteiger partial charge in [-0.1, -0.05) is 12.1 Å². The molecule has 5 heteroatoms. The van der Waals surface area contributed by atoms with E-state index in [-0.39, 0.29) is 6.42 Å². The van der Waals surface area contributed by atoms with E-state index in [1.165, 1.54) is 0 Å². The van der Waals surface area contributed by atoms with E-state index in [1.807, 2.05) is 24.3 Å². The van der Waals surface area contributed by atoms with Gasteiger partial charge in [-0.3, -0.25) is 14.8 Å². The molecule has 2 heterocycles. The van der Waals surface area contributed by atoms with E-state index in [4.69, 9.17) is 5.11 Å². The molecule has 0 fully saturated rings. The number of Topliss-reactive ketones (excluding diaryl/α,β-unsaturated/α-hetero) is 1. The van der Waals surface area contributed by atoms with E-state index in [0.29, 0.717) is 5.69 Å². The highest BCUT2D eigenvalue weighted by molar-refractivity contribution is 6.33. The molecule has 2 aromatic rings. The third-order valence-corrected chi connectivity index (χ3v) is 2.86.